The lowest BCUT2D eigenvalue weighted by Gasteiger charge is -1.80. The van der Waals surface area contributed by atoms with Crippen LogP contribution in [0.3, 0.4) is 0 Å². The minimum absolute atomic E-state index is 0.0920. The van der Waals surface area contributed by atoms with Crippen LogP contribution in [0.25, 0.3) is 0 Å². The molecule has 8 heavy (non-hydrogen) atoms. The molecule has 0 aromatic carbocycles. The summed E-state index contributed by atoms with van der Waals surface area (Å²) >= 11 is 2.07. The van der Waals surface area contributed by atoms with Gasteiger partial charge in [0, 0.05) is 5.56 Å². The largest absolute Gasteiger partial charge is 0.492 e. The van der Waals surface area contributed by atoms with Gasteiger partial charge in [-0.05, 0) is 29.5 Å². The quantitative estimate of drug-likeness (QED) is 0.646. The van der Waals surface area contributed by atoms with Crippen molar-refractivity contribution in [3.8, 4) is 5.88 Å². The van der Waals surface area contributed by atoms with Crippen LogP contribution in [0.15, 0.2) is 0 Å². The first kappa shape index (κ1) is 5.87. The van der Waals surface area contributed by atoms with Gasteiger partial charge >= 0.3 is 0 Å². The molecule has 0 spiro atoms. The van der Waals surface area contributed by atoms with E-state index in [9.17, 15) is 0 Å². The maximum absolute atomic E-state index is 8.79. The molecule has 0 aliphatic heterocycles. The fourth-order valence-corrected chi connectivity index (χ4v) is 0.730. The zero-order chi connectivity index (χ0) is 6.15. The van der Waals surface area contributed by atoms with Crippen LogP contribution in [0.5, 0.6) is 5.88 Å². The van der Waals surface area contributed by atoms with Crippen LogP contribution in [0.4, 0.5) is 0 Å². The Morgan fingerprint density at radius 1 is 1.75 bits per heavy atom. The summed E-state index contributed by atoms with van der Waals surface area (Å²) in [6.07, 6.45) is 0. The van der Waals surface area contributed by atoms with Crippen molar-refractivity contribution in [2.75, 3.05) is 0 Å². The maximum atomic E-state index is 8.79. The van der Waals surface area contributed by atoms with Crippen LogP contribution >= 0.6 is 22.6 Å². The molecule has 0 bridgehead atoms. The highest BCUT2D eigenvalue weighted by atomic mass is 127. The number of nitrogens with zero attached hydrogens (tertiary/aromatic N) is 1. The topological polar surface area (TPSA) is 48.9 Å². The van der Waals surface area contributed by atoms with Crippen molar-refractivity contribution in [2.24, 2.45) is 0 Å². The summed E-state index contributed by atoms with van der Waals surface area (Å²) in [5.74, 6) is 0.0920. The summed E-state index contributed by atoms with van der Waals surface area (Å²) in [7, 11) is 0. The molecule has 1 aromatic heterocycles. The summed E-state index contributed by atoms with van der Waals surface area (Å²) in [6.45, 7) is 1.81. The predicted octanol–water partition coefficient (Wildman–Crippen LogP) is 1.03. The molecule has 0 aliphatic carbocycles. The molecule has 1 heterocycles. The lowest BCUT2D eigenvalue weighted by molar-refractivity contribution is 0.448. The maximum Gasteiger partial charge on any atom is 0.234 e. The first-order valence-corrected chi connectivity index (χ1v) is 3.19. The van der Waals surface area contributed by atoms with Gasteiger partial charge < -0.3 is 5.11 Å². The molecule has 0 saturated heterocycles. The molecule has 44 valence electrons. The number of halogens is 1. The van der Waals surface area contributed by atoms with E-state index in [1.54, 1.807) is 6.92 Å². The number of aromatic nitrogens is 2. The van der Waals surface area contributed by atoms with Crippen molar-refractivity contribution in [1.29, 1.82) is 0 Å². The third kappa shape index (κ3) is 0.795. The summed E-state index contributed by atoms with van der Waals surface area (Å²) < 4.78 is 0.889. The number of aromatic hydroxyl groups is 1. The molecular weight excluding hydrogens is 219 g/mol. The minimum Gasteiger partial charge on any atom is -0.492 e. The Morgan fingerprint density at radius 3 is 2.50 bits per heavy atom. The van der Waals surface area contributed by atoms with Crippen LogP contribution < -0.4 is 0 Å². The van der Waals surface area contributed by atoms with Crippen molar-refractivity contribution >= 4 is 22.6 Å². The van der Waals surface area contributed by atoms with Gasteiger partial charge in [0.15, 0.2) is 0 Å². The average molecular weight is 224 g/mol. The van der Waals surface area contributed by atoms with E-state index in [0.29, 0.717) is 0 Å². The van der Waals surface area contributed by atoms with Crippen LogP contribution in [0.1, 0.15) is 5.56 Å². The fourth-order valence-electron chi connectivity index (χ4n) is 0.368. The van der Waals surface area contributed by atoms with Crippen LogP contribution in [-0.4, -0.2) is 15.3 Å². The van der Waals surface area contributed by atoms with Crippen molar-refractivity contribution < 1.29 is 5.11 Å². The lowest BCUT2D eigenvalue weighted by atomic mass is 10.4. The molecule has 0 aliphatic rings. The van der Waals surface area contributed by atoms with Crippen LogP contribution in [-0.2, 0) is 0 Å². The molecule has 0 fully saturated rings. The third-order valence-electron chi connectivity index (χ3n) is 0.925. The molecule has 0 amide bonds. The Hall–Kier alpha value is -0.260. The van der Waals surface area contributed by atoms with Crippen LogP contribution in [0.2, 0.25) is 0 Å². The summed E-state index contributed by atoms with van der Waals surface area (Å²) in [5, 5.41) is 15.0. The van der Waals surface area contributed by atoms with E-state index < -0.39 is 0 Å². The van der Waals surface area contributed by atoms with Crippen LogP contribution in [0, 0.1) is 10.6 Å². The second kappa shape index (κ2) is 1.93. The monoisotopic (exact) mass is 224 g/mol. The molecule has 1 rings (SSSR count). The van der Waals surface area contributed by atoms with Crippen molar-refractivity contribution in [3.63, 3.8) is 0 Å². The Kier molecular flexibility index (Phi) is 1.41. The molecule has 0 saturated carbocycles. The van der Waals surface area contributed by atoms with Gasteiger partial charge in [-0.1, -0.05) is 0 Å². The van der Waals surface area contributed by atoms with E-state index in [-0.39, 0.29) is 5.88 Å². The second-order valence-electron chi connectivity index (χ2n) is 1.49. The van der Waals surface area contributed by atoms with Crippen molar-refractivity contribution in [2.45, 2.75) is 6.92 Å². The van der Waals surface area contributed by atoms with Gasteiger partial charge in [0.25, 0.3) is 0 Å². The molecular formula is C4H5IN2O. The highest BCUT2D eigenvalue weighted by Gasteiger charge is 2.01. The van der Waals surface area contributed by atoms with Crippen molar-refractivity contribution in [3.05, 3.63) is 9.26 Å². The summed E-state index contributed by atoms with van der Waals surface area (Å²) in [4.78, 5) is 0. The van der Waals surface area contributed by atoms with Gasteiger partial charge in [0.05, 0.1) is 0 Å². The highest BCUT2D eigenvalue weighted by molar-refractivity contribution is 14.1. The molecule has 3 nitrogen and oxygen atoms in total. The van der Waals surface area contributed by atoms with E-state index in [2.05, 4.69) is 32.8 Å². The molecule has 0 atom stereocenters. The first-order valence-electron chi connectivity index (χ1n) is 2.11. The second-order valence-corrected chi connectivity index (χ2v) is 2.56. The molecule has 4 heteroatoms. The highest BCUT2D eigenvalue weighted by Crippen LogP contribution is 2.15. The molecule has 2 N–H and O–H groups in total. The van der Waals surface area contributed by atoms with E-state index >= 15 is 0 Å². The van der Waals surface area contributed by atoms with Gasteiger partial charge in [-0.15, -0.1) is 5.10 Å². The van der Waals surface area contributed by atoms with E-state index in [1.165, 1.54) is 0 Å². The normalized spacial score (nSPS) is 9.75. The number of nitrogens with one attached hydrogen (secondary N) is 1. The summed E-state index contributed by atoms with van der Waals surface area (Å²) in [5.41, 5.74) is 0.811. The first-order chi connectivity index (χ1) is 3.72. The van der Waals surface area contributed by atoms with Gasteiger partial charge in [0.1, 0.15) is 3.70 Å². The Labute approximate surface area is 60.2 Å². The molecule has 0 radical (unpaired) electrons. The zero-order valence-electron chi connectivity index (χ0n) is 4.27. The number of rotatable bonds is 0. The molecule has 1 aromatic rings. The SMILES string of the molecule is Cc1c(O)n[nH]c1I. The average Bonchev–Trinajstić information content (AvgIpc) is 1.98. The Balaban J connectivity index is 3.19. The van der Waals surface area contributed by atoms with Gasteiger partial charge in [-0.2, -0.15) is 0 Å². The Bertz CT molecular complexity index is 176. The number of aromatic amines is 1. The predicted molar refractivity (Wildman–Crippen MR) is 37.7 cm³/mol. The Morgan fingerprint density at radius 2 is 2.38 bits per heavy atom. The lowest BCUT2D eigenvalue weighted by Crippen LogP contribution is -1.69. The van der Waals surface area contributed by atoms with Gasteiger partial charge in [0.2, 0.25) is 5.88 Å². The molecule has 0 unspecified atom stereocenters. The zero-order valence-corrected chi connectivity index (χ0v) is 6.43. The van der Waals surface area contributed by atoms with Gasteiger partial charge in [-0.3, -0.25) is 5.10 Å². The van der Waals surface area contributed by atoms with Crippen molar-refractivity contribution in [1.82, 2.24) is 10.2 Å². The van der Waals surface area contributed by atoms with E-state index in [0.717, 1.165) is 9.26 Å². The number of hydrogen-bond donors (Lipinski definition) is 2. The number of H-pyrrole nitrogens is 1. The standard InChI is InChI=1S/C4H5IN2O/c1-2-3(5)6-7-4(2)8/h1H3,(H2,6,7,8). The third-order valence-corrected chi connectivity index (χ3v) is 1.97. The summed E-state index contributed by atoms with van der Waals surface area (Å²) in [6, 6.07) is 0. The minimum atomic E-state index is 0.0920. The van der Waals surface area contributed by atoms with E-state index in [1.807, 2.05) is 0 Å². The van der Waals surface area contributed by atoms with E-state index in [4.69, 9.17) is 5.11 Å². The smallest absolute Gasteiger partial charge is 0.234 e. The number of hydrogen-bond acceptors (Lipinski definition) is 2. The van der Waals surface area contributed by atoms with Gasteiger partial charge in [-0.25, -0.2) is 0 Å². The fraction of sp³-hybridized carbons (Fsp3) is 0.250.